The first kappa shape index (κ1) is 17.2. The average molecular weight is 342 g/mol. The van der Waals surface area contributed by atoms with E-state index in [9.17, 15) is 8.42 Å². The first-order valence-electron chi connectivity index (χ1n) is 7.69. The second-order valence-electron chi connectivity index (χ2n) is 5.33. The maximum Gasteiger partial charge on any atom is 0.243 e. The van der Waals surface area contributed by atoms with Crippen molar-refractivity contribution >= 4 is 33.0 Å². The SMILES string of the molecule is CCNC(=S)Nc1ccc(S(=O)(=O)N2CCCCCC2)cc1. The number of nitrogens with zero attached hydrogens (tertiary/aromatic N) is 1. The summed E-state index contributed by atoms with van der Waals surface area (Å²) in [5, 5.41) is 6.55. The van der Waals surface area contributed by atoms with Gasteiger partial charge in [-0.2, -0.15) is 4.31 Å². The van der Waals surface area contributed by atoms with Gasteiger partial charge >= 0.3 is 0 Å². The first-order chi connectivity index (χ1) is 10.5. The van der Waals surface area contributed by atoms with E-state index in [4.69, 9.17) is 12.2 Å². The molecule has 1 heterocycles. The van der Waals surface area contributed by atoms with Crippen LogP contribution in [0.1, 0.15) is 32.6 Å². The molecule has 0 aliphatic carbocycles. The van der Waals surface area contributed by atoms with Crippen LogP contribution < -0.4 is 10.6 Å². The molecule has 1 aromatic rings. The van der Waals surface area contributed by atoms with Crippen molar-refractivity contribution in [2.24, 2.45) is 0 Å². The highest BCUT2D eigenvalue weighted by Crippen LogP contribution is 2.21. The number of rotatable bonds is 4. The van der Waals surface area contributed by atoms with Crippen LogP contribution >= 0.6 is 12.2 Å². The molecule has 122 valence electrons. The van der Waals surface area contributed by atoms with Crippen molar-refractivity contribution in [3.63, 3.8) is 0 Å². The molecule has 1 saturated heterocycles. The van der Waals surface area contributed by atoms with Gasteiger partial charge in [-0.15, -0.1) is 0 Å². The second kappa shape index (κ2) is 7.89. The molecule has 7 heteroatoms. The molecule has 2 rings (SSSR count). The Kier molecular flexibility index (Phi) is 6.16. The number of benzene rings is 1. The van der Waals surface area contributed by atoms with Crippen LogP contribution in [0, 0.1) is 0 Å². The van der Waals surface area contributed by atoms with Crippen molar-refractivity contribution in [1.82, 2.24) is 9.62 Å². The van der Waals surface area contributed by atoms with Crippen molar-refractivity contribution in [2.45, 2.75) is 37.5 Å². The van der Waals surface area contributed by atoms with E-state index in [0.29, 0.717) is 23.1 Å². The van der Waals surface area contributed by atoms with E-state index in [1.807, 2.05) is 6.92 Å². The van der Waals surface area contributed by atoms with Crippen LogP contribution in [0.15, 0.2) is 29.2 Å². The molecule has 1 aliphatic rings. The fourth-order valence-electron chi connectivity index (χ4n) is 2.48. The number of hydrogen-bond acceptors (Lipinski definition) is 3. The van der Waals surface area contributed by atoms with Gasteiger partial charge in [-0.05, 0) is 56.2 Å². The largest absolute Gasteiger partial charge is 0.363 e. The lowest BCUT2D eigenvalue weighted by atomic mass is 10.2. The number of anilines is 1. The standard InChI is InChI=1S/C15H23N3O2S2/c1-2-16-15(21)17-13-7-9-14(10-8-13)22(19,20)18-11-5-3-4-6-12-18/h7-10H,2-6,11-12H2,1H3,(H2,16,17,21). The van der Waals surface area contributed by atoms with Crippen molar-refractivity contribution in [1.29, 1.82) is 0 Å². The summed E-state index contributed by atoms with van der Waals surface area (Å²) in [5.41, 5.74) is 0.778. The number of hydrogen-bond donors (Lipinski definition) is 2. The molecule has 2 N–H and O–H groups in total. The predicted molar refractivity (Wildman–Crippen MR) is 93.6 cm³/mol. The van der Waals surface area contributed by atoms with E-state index in [-0.39, 0.29) is 0 Å². The lowest BCUT2D eigenvalue weighted by molar-refractivity contribution is 0.424. The molecule has 0 aromatic heterocycles. The van der Waals surface area contributed by atoms with Gasteiger partial charge in [-0.1, -0.05) is 12.8 Å². The molecule has 0 saturated carbocycles. The molecule has 0 bridgehead atoms. The maximum absolute atomic E-state index is 12.6. The summed E-state index contributed by atoms with van der Waals surface area (Å²) >= 11 is 5.11. The number of sulfonamides is 1. The topological polar surface area (TPSA) is 61.4 Å². The van der Waals surface area contributed by atoms with Gasteiger partial charge in [0, 0.05) is 25.3 Å². The molecule has 0 atom stereocenters. The molecular formula is C15H23N3O2S2. The van der Waals surface area contributed by atoms with E-state index in [0.717, 1.165) is 37.9 Å². The van der Waals surface area contributed by atoms with E-state index in [2.05, 4.69) is 10.6 Å². The van der Waals surface area contributed by atoms with E-state index < -0.39 is 10.0 Å². The minimum absolute atomic E-state index is 0.342. The van der Waals surface area contributed by atoms with Crippen LogP contribution in [0.3, 0.4) is 0 Å². The highest BCUT2D eigenvalue weighted by atomic mass is 32.2. The highest BCUT2D eigenvalue weighted by molar-refractivity contribution is 7.89. The normalized spacial score (nSPS) is 16.8. The van der Waals surface area contributed by atoms with E-state index >= 15 is 0 Å². The van der Waals surface area contributed by atoms with Gasteiger partial charge in [-0.3, -0.25) is 0 Å². The third kappa shape index (κ3) is 4.41. The van der Waals surface area contributed by atoms with Gasteiger partial charge in [0.25, 0.3) is 0 Å². The van der Waals surface area contributed by atoms with Crippen LogP contribution in [0.25, 0.3) is 0 Å². The Balaban J connectivity index is 2.09. The Morgan fingerprint density at radius 1 is 1.14 bits per heavy atom. The molecule has 0 unspecified atom stereocenters. The van der Waals surface area contributed by atoms with Crippen LogP contribution in [-0.2, 0) is 10.0 Å². The van der Waals surface area contributed by atoms with E-state index in [1.54, 1.807) is 28.6 Å². The van der Waals surface area contributed by atoms with Crippen molar-refractivity contribution in [2.75, 3.05) is 25.0 Å². The van der Waals surface area contributed by atoms with Gasteiger partial charge in [0.2, 0.25) is 10.0 Å². The molecule has 22 heavy (non-hydrogen) atoms. The van der Waals surface area contributed by atoms with Crippen LogP contribution in [0.2, 0.25) is 0 Å². The van der Waals surface area contributed by atoms with Crippen molar-refractivity contribution < 1.29 is 8.42 Å². The zero-order valence-electron chi connectivity index (χ0n) is 12.8. The van der Waals surface area contributed by atoms with Gasteiger partial charge in [-0.25, -0.2) is 8.42 Å². The van der Waals surface area contributed by atoms with E-state index in [1.165, 1.54) is 0 Å². The molecule has 0 radical (unpaired) electrons. The van der Waals surface area contributed by atoms with Gasteiger partial charge in [0.05, 0.1) is 4.90 Å². The minimum atomic E-state index is -3.38. The molecule has 0 amide bonds. The lowest BCUT2D eigenvalue weighted by Crippen LogP contribution is -2.32. The summed E-state index contributed by atoms with van der Waals surface area (Å²) in [7, 11) is -3.38. The summed E-state index contributed by atoms with van der Waals surface area (Å²) in [4.78, 5) is 0.342. The van der Waals surface area contributed by atoms with Crippen molar-refractivity contribution in [3.05, 3.63) is 24.3 Å². The Bertz CT molecular complexity index is 592. The molecular weight excluding hydrogens is 318 g/mol. The monoisotopic (exact) mass is 341 g/mol. The minimum Gasteiger partial charge on any atom is -0.363 e. The summed E-state index contributed by atoms with van der Waals surface area (Å²) in [6.45, 7) is 3.94. The Hall–Kier alpha value is -1.18. The summed E-state index contributed by atoms with van der Waals surface area (Å²) < 4.78 is 26.9. The van der Waals surface area contributed by atoms with Gasteiger partial charge in [0.1, 0.15) is 0 Å². The summed E-state index contributed by atoms with van der Waals surface area (Å²) in [6, 6.07) is 6.76. The fraction of sp³-hybridized carbons (Fsp3) is 0.533. The van der Waals surface area contributed by atoms with Crippen LogP contribution in [0.5, 0.6) is 0 Å². The third-order valence-corrected chi connectivity index (χ3v) is 5.81. The zero-order chi connectivity index (χ0) is 16.0. The second-order valence-corrected chi connectivity index (χ2v) is 7.67. The Labute approximate surface area is 138 Å². The van der Waals surface area contributed by atoms with Crippen LogP contribution in [-0.4, -0.2) is 37.5 Å². The maximum atomic E-state index is 12.6. The molecule has 1 aromatic carbocycles. The third-order valence-electron chi connectivity index (χ3n) is 3.65. The number of nitrogens with one attached hydrogen (secondary N) is 2. The number of thiocarbonyl (C=S) groups is 1. The Morgan fingerprint density at radius 2 is 1.73 bits per heavy atom. The Morgan fingerprint density at radius 3 is 2.27 bits per heavy atom. The summed E-state index contributed by atoms with van der Waals surface area (Å²) in [6.07, 6.45) is 4.10. The average Bonchev–Trinajstić information content (AvgIpc) is 2.77. The van der Waals surface area contributed by atoms with Crippen molar-refractivity contribution in [3.8, 4) is 0 Å². The first-order valence-corrected chi connectivity index (χ1v) is 9.54. The van der Waals surface area contributed by atoms with Crippen LogP contribution in [0.4, 0.5) is 5.69 Å². The summed E-state index contributed by atoms with van der Waals surface area (Å²) in [5.74, 6) is 0. The fourth-order valence-corrected chi connectivity index (χ4v) is 4.26. The highest BCUT2D eigenvalue weighted by Gasteiger charge is 2.24. The smallest absolute Gasteiger partial charge is 0.243 e. The van der Waals surface area contributed by atoms with Gasteiger partial charge < -0.3 is 10.6 Å². The molecule has 5 nitrogen and oxygen atoms in total. The van der Waals surface area contributed by atoms with Gasteiger partial charge in [0.15, 0.2) is 5.11 Å². The predicted octanol–water partition coefficient (Wildman–Crippen LogP) is 2.56. The quantitative estimate of drug-likeness (QED) is 0.824. The molecule has 1 aliphatic heterocycles. The molecule has 1 fully saturated rings. The zero-order valence-corrected chi connectivity index (χ0v) is 14.5. The molecule has 0 spiro atoms. The lowest BCUT2D eigenvalue weighted by Gasteiger charge is -2.20.